The Bertz CT molecular complexity index is 1390. The normalized spacial score (nSPS) is 18.4. The van der Waals surface area contributed by atoms with Crippen molar-refractivity contribution in [3.8, 4) is 0 Å². The molecule has 1 fully saturated rings. The second kappa shape index (κ2) is 11.3. The molecule has 1 aromatic heterocycles. The number of benzene rings is 3. The molecule has 1 N–H and O–H groups in total. The second-order valence-electron chi connectivity index (χ2n) is 8.91. The number of nitrogens with one attached hydrogen (secondary N) is 1. The summed E-state index contributed by atoms with van der Waals surface area (Å²) in [6.07, 6.45) is -0.202. The van der Waals surface area contributed by atoms with E-state index in [4.69, 9.17) is 9.72 Å². The number of nitrogens with zero attached hydrogens (tertiary/aromatic N) is 2. The predicted octanol–water partition coefficient (Wildman–Crippen LogP) is 5.82. The molecule has 0 aliphatic carbocycles. The summed E-state index contributed by atoms with van der Waals surface area (Å²) < 4.78 is 7.72. The molecule has 8 heteroatoms. The van der Waals surface area contributed by atoms with Gasteiger partial charge in [0.15, 0.2) is 4.34 Å². The maximum absolute atomic E-state index is 14.1. The third-order valence-corrected chi connectivity index (χ3v) is 8.16. The first-order valence-electron chi connectivity index (χ1n) is 12.1. The Balaban J connectivity index is 1.62. The molecule has 2 heterocycles. The lowest BCUT2D eigenvalue weighted by atomic mass is 10.1. The van der Waals surface area contributed by atoms with Gasteiger partial charge in [-0.05, 0) is 43.7 Å². The van der Waals surface area contributed by atoms with Gasteiger partial charge in [0, 0.05) is 18.7 Å². The molecule has 5 rings (SSSR count). The van der Waals surface area contributed by atoms with E-state index in [1.807, 2.05) is 74.5 Å². The number of hydrogen-bond acceptors (Lipinski definition) is 6. The number of hydrogen-bond donors (Lipinski definition) is 1. The SMILES string of the molecule is CC1CN(C(=O)/C(NC(=O)c2ccccc2)=C(/Sc2nc3ccccc3s2)c2ccccc2)CC(C)O1. The second-order valence-corrected chi connectivity index (χ2v) is 11.2. The van der Waals surface area contributed by atoms with Gasteiger partial charge in [-0.25, -0.2) is 4.98 Å². The number of para-hydroxylation sites is 1. The van der Waals surface area contributed by atoms with E-state index in [0.717, 1.165) is 20.1 Å². The molecule has 2 atom stereocenters. The van der Waals surface area contributed by atoms with Gasteiger partial charge in [0.05, 0.1) is 27.3 Å². The van der Waals surface area contributed by atoms with Crippen LogP contribution in [0.5, 0.6) is 0 Å². The number of rotatable bonds is 6. The first kappa shape index (κ1) is 25.2. The number of carbonyl (C=O) groups is 2. The number of morpholine rings is 1. The van der Waals surface area contributed by atoms with E-state index in [-0.39, 0.29) is 29.7 Å². The van der Waals surface area contributed by atoms with Crippen molar-refractivity contribution in [1.29, 1.82) is 0 Å². The Kier molecular flexibility index (Phi) is 7.69. The van der Waals surface area contributed by atoms with Crippen LogP contribution in [0, 0.1) is 0 Å². The zero-order valence-corrected chi connectivity index (χ0v) is 22.2. The van der Waals surface area contributed by atoms with E-state index in [9.17, 15) is 9.59 Å². The largest absolute Gasteiger partial charge is 0.372 e. The van der Waals surface area contributed by atoms with Crippen LogP contribution in [0.15, 0.2) is 95.0 Å². The van der Waals surface area contributed by atoms with E-state index in [0.29, 0.717) is 23.6 Å². The quantitative estimate of drug-likeness (QED) is 0.252. The monoisotopic (exact) mass is 529 g/mol. The van der Waals surface area contributed by atoms with Gasteiger partial charge >= 0.3 is 0 Å². The van der Waals surface area contributed by atoms with Gasteiger partial charge in [-0.3, -0.25) is 9.59 Å². The highest BCUT2D eigenvalue weighted by Gasteiger charge is 2.31. The highest BCUT2D eigenvalue weighted by molar-refractivity contribution is 8.09. The molecule has 1 saturated heterocycles. The smallest absolute Gasteiger partial charge is 0.271 e. The lowest BCUT2D eigenvalue weighted by Gasteiger charge is -2.36. The predicted molar refractivity (Wildman–Crippen MR) is 149 cm³/mol. The topological polar surface area (TPSA) is 71.5 Å². The highest BCUT2D eigenvalue weighted by atomic mass is 32.2. The zero-order chi connectivity index (χ0) is 25.8. The van der Waals surface area contributed by atoms with Crippen LogP contribution in [-0.4, -0.2) is 47.0 Å². The molecular formula is C29H27N3O3S2. The van der Waals surface area contributed by atoms with E-state index in [1.165, 1.54) is 11.8 Å². The van der Waals surface area contributed by atoms with Gasteiger partial charge in [-0.2, -0.15) is 0 Å². The van der Waals surface area contributed by atoms with Gasteiger partial charge in [-0.1, -0.05) is 72.4 Å². The summed E-state index contributed by atoms with van der Waals surface area (Å²) in [5, 5.41) is 2.98. The van der Waals surface area contributed by atoms with Crippen molar-refractivity contribution < 1.29 is 14.3 Å². The van der Waals surface area contributed by atoms with Gasteiger partial charge in [-0.15, -0.1) is 11.3 Å². The van der Waals surface area contributed by atoms with Gasteiger partial charge < -0.3 is 15.0 Å². The Morgan fingerprint density at radius 1 is 0.892 bits per heavy atom. The van der Waals surface area contributed by atoms with Crippen molar-refractivity contribution >= 4 is 50.0 Å². The summed E-state index contributed by atoms with van der Waals surface area (Å²) >= 11 is 2.96. The molecule has 0 saturated carbocycles. The maximum Gasteiger partial charge on any atom is 0.271 e. The van der Waals surface area contributed by atoms with Crippen LogP contribution >= 0.6 is 23.1 Å². The summed E-state index contributed by atoms with van der Waals surface area (Å²) in [6, 6.07) is 26.6. The first-order chi connectivity index (χ1) is 18.0. The minimum Gasteiger partial charge on any atom is -0.372 e. The van der Waals surface area contributed by atoms with Crippen molar-refractivity contribution in [2.45, 2.75) is 30.4 Å². The van der Waals surface area contributed by atoms with Gasteiger partial charge in [0.1, 0.15) is 5.70 Å². The van der Waals surface area contributed by atoms with E-state index < -0.39 is 0 Å². The van der Waals surface area contributed by atoms with Crippen molar-refractivity contribution in [1.82, 2.24) is 15.2 Å². The number of ether oxygens (including phenoxy) is 1. The molecular weight excluding hydrogens is 502 g/mol. The molecule has 1 aliphatic rings. The van der Waals surface area contributed by atoms with Crippen LogP contribution in [0.1, 0.15) is 29.8 Å². The number of carbonyl (C=O) groups excluding carboxylic acids is 2. The standard InChI is InChI=1S/C29H27N3O3S2/c1-19-17-32(18-20(2)35-19)28(34)25(31-27(33)22-13-7-4-8-14-22)26(21-11-5-3-6-12-21)37-29-30-23-15-9-10-16-24(23)36-29/h3-16,19-20H,17-18H2,1-2H3,(H,31,33)/b26-25-. The van der Waals surface area contributed by atoms with Gasteiger partial charge in [0.25, 0.3) is 11.8 Å². The van der Waals surface area contributed by atoms with Crippen molar-refractivity contribution in [2.75, 3.05) is 13.1 Å². The molecule has 3 aromatic carbocycles. The number of thiazole rings is 1. The first-order valence-corrected chi connectivity index (χ1v) is 13.8. The van der Waals surface area contributed by atoms with Crippen LogP contribution < -0.4 is 5.32 Å². The summed E-state index contributed by atoms with van der Waals surface area (Å²) in [6.45, 7) is 4.80. The molecule has 1 aliphatic heterocycles. The molecule has 0 bridgehead atoms. The fraction of sp³-hybridized carbons (Fsp3) is 0.207. The number of fused-ring (bicyclic) bond motifs is 1. The van der Waals surface area contributed by atoms with Crippen LogP contribution in [0.25, 0.3) is 15.1 Å². The Hall–Kier alpha value is -3.46. The van der Waals surface area contributed by atoms with E-state index in [1.54, 1.807) is 40.5 Å². The minimum atomic E-state index is -0.336. The molecule has 2 unspecified atom stereocenters. The van der Waals surface area contributed by atoms with Crippen LogP contribution in [-0.2, 0) is 9.53 Å². The molecule has 37 heavy (non-hydrogen) atoms. The van der Waals surface area contributed by atoms with Crippen molar-refractivity contribution in [2.24, 2.45) is 0 Å². The maximum atomic E-state index is 14.1. The zero-order valence-electron chi connectivity index (χ0n) is 20.6. The van der Waals surface area contributed by atoms with Gasteiger partial charge in [0.2, 0.25) is 0 Å². The van der Waals surface area contributed by atoms with Crippen molar-refractivity contribution in [3.63, 3.8) is 0 Å². The highest BCUT2D eigenvalue weighted by Crippen LogP contribution is 2.40. The van der Waals surface area contributed by atoms with Crippen LogP contribution in [0.4, 0.5) is 0 Å². The minimum absolute atomic E-state index is 0.101. The molecule has 188 valence electrons. The fourth-order valence-corrected chi connectivity index (χ4v) is 6.51. The lowest BCUT2D eigenvalue weighted by Crippen LogP contribution is -2.50. The molecule has 4 aromatic rings. The average Bonchev–Trinajstić information content (AvgIpc) is 3.33. The Labute approximate surface area is 224 Å². The third kappa shape index (κ3) is 5.93. The molecule has 6 nitrogen and oxygen atoms in total. The average molecular weight is 530 g/mol. The third-order valence-electron chi connectivity index (χ3n) is 5.92. The summed E-state index contributed by atoms with van der Waals surface area (Å²) in [4.78, 5) is 34.6. The van der Waals surface area contributed by atoms with Crippen LogP contribution in [0.3, 0.4) is 0 Å². The molecule has 0 spiro atoms. The van der Waals surface area contributed by atoms with Crippen molar-refractivity contribution in [3.05, 3.63) is 102 Å². The number of amides is 2. The molecule has 2 amide bonds. The number of thioether (sulfide) groups is 1. The Morgan fingerprint density at radius 2 is 1.49 bits per heavy atom. The Morgan fingerprint density at radius 3 is 2.14 bits per heavy atom. The molecule has 0 radical (unpaired) electrons. The lowest BCUT2D eigenvalue weighted by molar-refractivity contribution is -0.139. The fourth-order valence-electron chi connectivity index (χ4n) is 4.31. The van der Waals surface area contributed by atoms with E-state index in [2.05, 4.69) is 5.32 Å². The van der Waals surface area contributed by atoms with E-state index >= 15 is 0 Å². The summed E-state index contributed by atoms with van der Waals surface area (Å²) in [5.74, 6) is -0.574. The number of aromatic nitrogens is 1. The summed E-state index contributed by atoms with van der Waals surface area (Å²) in [7, 11) is 0. The van der Waals surface area contributed by atoms with Crippen LogP contribution in [0.2, 0.25) is 0 Å². The summed E-state index contributed by atoms with van der Waals surface area (Å²) in [5.41, 5.74) is 2.46.